The molecule has 0 aliphatic heterocycles. The maximum atomic E-state index is 11.8. The van der Waals surface area contributed by atoms with Crippen LogP contribution in [-0.4, -0.2) is 9.55 Å². The predicted molar refractivity (Wildman–Crippen MR) is 76.2 cm³/mol. The fourth-order valence-corrected chi connectivity index (χ4v) is 2.52. The first-order chi connectivity index (χ1) is 8.47. The number of benzene rings is 1. The highest BCUT2D eigenvalue weighted by Crippen LogP contribution is 2.22. The molecule has 2 aromatic rings. The second-order valence-electron chi connectivity index (χ2n) is 4.14. The van der Waals surface area contributed by atoms with E-state index in [9.17, 15) is 4.79 Å². The lowest BCUT2D eigenvalue weighted by Crippen LogP contribution is -2.26. The summed E-state index contributed by atoms with van der Waals surface area (Å²) in [5.41, 5.74) is 2.27. The molecule has 18 heavy (non-hydrogen) atoms. The zero-order chi connectivity index (χ0) is 13.3. The topological polar surface area (TPSA) is 34.9 Å². The third-order valence-corrected chi connectivity index (χ3v) is 3.54. The molecular weight excluding hydrogens is 316 g/mol. The van der Waals surface area contributed by atoms with E-state index >= 15 is 0 Å². The van der Waals surface area contributed by atoms with Gasteiger partial charge in [-0.3, -0.25) is 4.57 Å². The molecule has 0 saturated heterocycles. The van der Waals surface area contributed by atoms with E-state index in [0.717, 1.165) is 21.4 Å². The maximum absolute atomic E-state index is 11.8. The van der Waals surface area contributed by atoms with Crippen molar-refractivity contribution in [1.29, 1.82) is 0 Å². The van der Waals surface area contributed by atoms with Gasteiger partial charge in [0.15, 0.2) is 0 Å². The van der Waals surface area contributed by atoms with E-state index in [4.69, 9.17) is 11.6 Å². The number of hydrogen-bond donors (Lipinski definition) is 0. The van der Waals surface area contributed by atoms with Gasteiger partial charge in [-0.15, -0.1) is 0 Å². The minimum atomic E-state index is -0.244. The molecule has 1 aromatic heterocycles. The SMILES string of the molecule is Cc1cc(C)n(Cc2ccc(Br)cc2Cl)c(=O)n1. The molecule has 1 heterocycles. The van der Waals surface area contributed by atoms with Crippen LogP contribution in [0.15, 0.2) is 33.5 Å². The molecule has 1 aromatic carbocycles. The quantitative estimate of drug-likeness (QED) is 0.848. The van der Waals surface area contributed by atoms with Crippen LogP contribution in [0.1, 0.15) is 17.0 Å². The first-order valence-electron chi connectivity index (χ1n) is 5.46. The molecule has 0 amide bonds. The van der Waals surface area contributed by atoms with Gasteiger partial charge in [0.2, 0.25) is 0 Å². The maximum Gasteiger partial charge on any atom is 0.348 e. The van der Waals surface area contributed by atoms with Crippen molar-refractivity contribution < 1.29 is 0 Å². The van der Waals surface area contributed by atoms with Crippen LogP contribution in [0.5, 0.6) is 0 Å². The summed E-state index contributed by atoms with van der Waals surface area (Å²) in [6.45, 7) is 4.14. The molecule has 0 aliphatic carbocycles. The van der Waals surface area contributed by atoms with E-state index < -0.39 is 0 Å². The first-order valence-corrected chi connectivity index (χ1v) is 6.63. The van der Waals surface area contributed by atoms with Gasteiger partial charge in [-0.25, -0.2) is 4.79 Å². The van der Waals surface area contributed by atoms with E-state index in [1.165, 1.54) is 0 Å². The summed E-state index contributed by atoms with van der Waals surface area (Å²) in [6, 6.07) is 7.51. The van der Waals surface area contributed by atoms with E-state index in [1.54, 1.807) is 4.57 Å². The highest BCUT2D eigenvalue weighted by atomic mass is 79.9. The minimum Gasteiger partial charge on any atom is -0.292 e. The van der Waals surface area contributed by atoms with Crippen molar-refractivity contribution in [2.45, 2.75) is 20.4 Å². The zero-order valence-corrected chi connectivity index (χ0v) is 12.4. The number of aromatic nitrogens is 2. The van der Waals surface area contributed by atoms with Crippen LogP contribution in [0, 0.1) is 13.8 Å². The standard InChI is InChI=1S/C13H12BrClN2O/c1-8-5-9(2)17(13(18)16-8)7-10-3-4-11(14)6-12(10)15/h3-6H,7H2,1-2H3. The lowest BCUT2D eigenvalue weighted by atomic mass is 10.2. The second-order valence-corrected chi connectivity index (χ2v) is 5.47. The number of aryl methyl sites for hydroxylation is 2. The smallest absolute Gasteiger partial charge is 0.292 e. The number of nitrogens with zero attached hydrogens (tertiary/aromatic N) is 2. The Kier molecular flexibility index (Phi) is 3.88. The Morgan fingerprint density at radius 2 is 2.06 bits per heavy atom. The third kappa shape index (κ3) is 2.82. The normalized spacial score (nSPS) is 10.7. The zero-order valence-electron chi connectivity index (χ0n) is 10.1. The molecular formula is C13H12BrClN2O. The van der Waals surface area contributed by atoms with E-state index in [2.05, 4.69) is 20.9 Å². The van der Waals surface area contributed by atoms with Gasteiger partial charge in [0, 0.05) is 20.9 Å². The molecule has 0 atom stereocenters. The molecule has 0 radical (unpaired) electrons. The molecule has 5 heteroatoms. The highest BCUT2D eigenvalue weighted by Gasteiger charge is 2.07. The summed E-state index contributed by atoms with van der Waals surface area (Å²) < 4.78 is 2.53. The third-order valence-electron chi connectivity index (χ3n) is 2.69. The van der Waals surface area contributed by atoms with Crippen molar-refractivity contribution in [2.24, 2.45) is 0 Å². The Morgan fingerprint density at radius 1 is 1.33 bits per heavy atom. The van der Waals surface area contributed by atoms with Crippen molar-refractivity contribution in [3.63, 3.8) is 0 Å². The highest BCUT2D eigenvalue weighted by molar-refractivity contribution is 9.10. The van der Waals surface area contributed by atoms with Crippen molar-refractivity contribution >= 4 is 27.5 Å². The van der Waals surface area contributed by atoms with Crippen molar-refractivity contribution in [2.75, 3.05) is 0 Å². The molecule has 0 spiro atoms. The number of rotatable bonds is 2. The van der Waals surface area contributed by atoms with Gasteiger partial charge in [0.05, 0.1) is 6.54 Å². The average molecular weight is 328 g/mol. The van der Waals surface area contributed by atoms with Crippen molar-refractivity contribution in [3.05, 3.63) is 61.2 Å². The Bertz CT molecular complexity index is 652. The summed E-state index contributed by atoms with van der Waals surface area (Å²) in [5.74, 6) is 0. The first kappa shape index (κ1) is 13.3. The van der Waals surface area contributed by atoms with Gasteiger partial charge in [0.25, 0.3) is 0 Å². The van der Waals surface area contributed by atoms with Gasteiger partial charge in [-0.1, -0.05) is 33.6 Å². The second kappa shape index (κ2) is 5.24. The Hall–Kier alpha value is -1.13. The van der Waals surface area contributed by atoms with Crippen LogP contribution in [0.3, 0.4) is 0 Å². The average Bonchev–Trinajstić information content (AvgIpc) is 2.25. The molecule has 3 nitrogen and oxygen atoms in total. The van der Waals surface area contributed by atoms with Gasteiger partial charge in [-0.2, -0.15) is 4.98 Å². The largest absolute Gasteiger partial charge is 0.348 e. The van der Waals surface area contributed by atoms with Crippen LogP contribution in [0.4, 0.5) is 0 Å². The molecule has 0 unspecified atom stereocenters. The summed E-state index contributed by atoms with van der Waals surface area (Å²) in [5, 5.41) is 0.635. The van der Waals surface area contributed by atoms with Crippen molar-refractivity contribution in [3.8, 4) is 0 Å². The molecule has 2 rings (SSSR count). The molecule has 0 saturated carbocycles. The summed E-state index contributed by atoms with van der Waals surface area (Å²) in [6.07, 6.45) is 0. The van der Waals surface area contributed by atoms with Crippen LogP contribution in [0.25, 0.3) is 0 Å². The molecule has 94 valence electrons. The van der Waals surface area contributed by atoms with Crippen molar-refractivity contribution in [1.82, 2.24) is 9.55 Å². The molecule has 0 fully saturated rings. The van der Waals surface area contributed by atoms with Gasteiger partial charge in [0.1, 0.15) is 0 Å². The Balaban J connectivity index is 2.43. The lowest BCUT2D eigenvalue weighted by Gasteiger charge is -2.11. The molecule has 0 aliphatic rings. The van der Waals surface area contributed by atoms with Gasteiger partial charge < -0.3 is 0 Å². The van der Waals surface area contributed by atoms with Gasteiger partial charge >= 0.3 is 5.69 Å². The Labute approximate surface area is 119 Å². The summed E-state index contributed by atoms with van der Waals surface area (Å²) in [7, 11) is 0. The molecule has 0 N–H and O–H groups in total. The lowest BCUT2D eigenvalue weighted by molar-refractivity contribution is 0.694. The van der Waals surface area contributed by atoms with E-state index in [-0.39, 0.29) is 5.69 Å². The van der Waals surface area contributed by atoms with E-state index in [0.29, 0.717) is 11.6 Å². The predicted octanol–water partition coefficient (Wildman–Crippen LogP) is 3.32. The Morgan fingerprint density at radius 3 is 2.67 bits per heavy atom. The van der Waals surface area contributed by atoms with Crippen LogP contribution in [-0.2, 0) is 6.54 Å². The van der Waals surface area contributed by atoms with Gasteiger partial charge in [-0.05, 0) is 37.6 Å². The summed E-state index contributed by atoms with van der Waals surface area (Å²) in [4.78, 5) is 15.8. The monoisotopic (exact) mass is 326 g/mol. The fourth-order valence-electron chi connectivity index (χ4n) is 1.79. The fraction of sp³-hybridized carbons (Fsp3) is 0.231. The molecule has 0 bridgehead atoms. The van der Waals surface area contributed by atoms with E-state index in [1.807, 2.05) is 38.1 Å². The number of halogens is 2. The minimum absolute atomic E-state index is 0.244. The summed E-state index contributed by atoms with van der Waals surface area (Å²) >= 11 is 9.50. The van der Waals surface area contributed by atoms with Crippen LogP contribution >= 0.6 is 27.5 Å². The van der Waals surface area contributed by atoms with Crippen LogP contribution in [0.2, 0.25) is 5.02 Å². The number of hydrogen-bond acceptors (Lipinski definition) is 2. The van der Waals surface area contributed by atoms with Crippen LogP contribution < -0.4 is 5.69 Å².